The van der Waals surface area contributed by atoms with Gasteiger partial charge in [0.2, 0.25) is 0 Å². The van der Waals surface area contributed by atoms with Crippen LogP contribution in [-0.4, -0.2) is 35.7 Å². The van der Waals surface area contributed by atoms with E-state index in [9.17, 15) is 14.0 Å². The molecule has 0 aliphatic carbocycles. The minimum absolute atomic E-state index is 0.257. The van der Waals surface area contributed by atoms with Gasteiger partial charge in [-0.2, -0.15) is 4.98 Å². The molecule has 1 heterocycles. The number of nitrogens with two attached hydrogens (primary N) is 1. The van der Waals surface area contributed by atoms with Crippen LogP contribution in [-0.2, 0) is 9.53 Å². The molecule has 0 fully saturated rings. The monoisotopic (exact) mass is 244 g/mol. The summed E-state index contributed by atoms with van der Waals surface area (Å²) in [6, 6.07) is 0.769. The zero-order valence-corrected chi connectivity index (χ0v) is 8.77. The Labute approximate surface area is 95.0 Å². The second kappa shape index (κ2) is 5.10. The highest BCUT2D eigenvalue weighted by Crippen LogP contribution is 2.20. The molecule has 0 aliphatic heterocycles. The molecule has 0 aliphatic rings. The van der Waals surface area contributed by atoms with Crippen molar-refractivity contribution in [3.8, 4) is 5.88 Å². The van der Waals surface area contributed by atoms with E-state index in [0.717, 1.165) is 13.2 Å². The predicted molar refractivity (Wildman–Crippen MR) is 53.1 cm³/mol. The number of hydrogen-bond donors (Lipinski definition) is 2. The van der Waals surface area contributed by atoms with Crippen LogP contribution >= 0.6 is 0 Å². The van der Waals surface area contributed by atoms with Crippen molar-refractivity contribution in [2.45, 2.75) is 0 Å². The average Bonchev–Trinajstić information content (AvgIpc) is 2.28. The van der Waals surface area contributed by atoms with Gasteiger partial charge in [0.05, 0.1) is 7.11 Å². The van der Waals surface area contributed by atoms with Crippen LogP contribution in [0.1, 0.15) is 10.4 Å². The molecule has 0 radical (unpaired) electrons. The third-order valence-electron chi connectivity index (χ3n) is 1.71. The number of carboxylic acid groups (broad SMARTS) is 1. The summed E-state index contributed by atoms with van der Waals surface area (Å²) in [6.07, 6.45) is 0. The summed E-state index contributed by atoms with van der Waals surface area (Å²) in [5.74, 6) is -4.03. The minimum atomic E-state index is -1.29. The molecule has 0 saturated carbocycles. The second-order valence-corrected chi connectivity index (χ2v) is 2.88. The summed E-state index contributed by atoms with van der Waals surface area (Å²) in [5, 5.41) is 8.34. The molecule has 1 aromatic rings. The van der Waals surface area contributed by atoms with Crippen LogP contribution in [0, 0.1) is 5.82 Å². The Kier molecular flexibility index (Phi) is 3.81. The van der Waals surface area contributed by atoms with Crippen LogP contribution in [0.3, 0.4) is 0 Å². The number of aliphatic carboxylic acids is 1. The van der Waals surface area contributed by atoms with Gasteiger partial charge in [-0.1, -0.05) is 0 Å². The standard InChI is InChI=1S/C9H9FN2O5/c1-16-9(15)4-2-5(10)8(12-7(4)11)17-3-6(13)14/h2H,3H2,1H3,(H2,11,12)(H,13,14). The van der Waals surface area contributed by atoms with Crippen molar-refractivity contribution < 1.29 is 28.6 Å². The molecule has 0 saturated heterocycles. The lowest BCUT2D eigenvalue weighted by Crippen LogP contribution is -2.14. The van der Waals surface area contributed by atoms with Gasteiger partial charge >= 0.3 is 11.9 Å². The molecular formula is C9H9FN2O5. The highest BCUT2D eigenvalue weighted by atomic mass is 19.1. The Hall–Kier alpha value is -2.38. The van der Waals surface area contributed by atoms with Gasteiger partial charge in [0.1, 0.15) is 11.4 Å². The van der Waals surface area contributed by atoms with E-state index in [1.165, 1.54) is 0 Å². The van der Waals surface area contributed by atoms with E-state index in [-0.39, 0.29) is 11.4 Å². The van der Waals surface area contributed by atoms with E-state index >= 15 is 0 Å². The van der Waals surface area contributed by atoms with Crippen molar-refractivity contribution >= 4 is 17.8 Å². The van der Waals surface area contributed by atoms with Crippen molar-refractivity contribution in [3.05, 3.63) is 17.4 Å². The van der Waals surface area contributed by atoms with Gasteiger partial charge in [-0.05, 0) is 6.07 Å². The number of esters is 1. The fourth-order valence-corrected chi connectivity index (χ4v) is 0.990. The van der Waals surface area contributed by atoms with Crippen molar-refractivity contribution in [3.63, 3.8) is 0 Å². The number of hydrogen-bond acceptors (Lipinski definition) is 6. The van der Waals surface area contributed by atoms with Crippen LogP contribution in [0.15, 0.2) is 6.07 Å². The fraction of sp³-hybridized carbons (Fsp3) is 0.222. The summed E-state index contributed by atoms with van der Waals surface area (Å²) in [4.78, 5) is 24.8. The molecule has 1 aromatic heterocycles. The molecule has 0 aromatic carbocycles. The smallest absolute Gasteiger partial charge is 0.341 e. The molecule has 0 bridgehead atoms. The molecule has 0 spiro atoms. The Morgan fingerprint density at radius 1 is 1.59 bits per heavy atom. The summed E-state index contributed by atoms with van der Waals surface area (Å²) in [7, 11) is 1.11. The summed E-state index contributed by atoms with van der Waals surface area (Å²) in [6.45, 7) is -0.763. The predicted octanol–water partition coefficient (Wildman–Crippen LogP) is 0.0529. The number of carbonyl (C=O) groups is 2. The fourth-order valence-electron chi connectivity index (χ4n) is 0.990. The van der Waals surface area contributed by atoms with E-state index in [0.29, 0.717) is 0 Å². The quantitative estimate of drug-likeness (QED) is 0.719. The van der Waals surface area contributed by atoms with Gasteiger partial charge in [0, 0.05) is 0 Å². The molecule has 0 atom stereocenters. The van der Waals surface area contributed by atoms with Crippen LogP contribution in [0.2, 0.25) is 0 Å². The highest BCUT2D eigenvalue weighted by molar-refractivity contribution is 5.94. The lowest BCUT2D eigenvalue weighted by molar-refractivity contribution is -0.139. The normalized spacial score (nSPS) is 9.76. The van der Waals surface area contributed by atoms with Gasteiger partial charge in [0.15, 0.2) is 12.4 Å². The van der Waals surface area contributed by atoms with Crippen LogP contribution in [0.5, 0.6) is 5.88 Å². The summed E-state index contributed by atoms with van der Waals surface area (Å²) in [5.41, 5.74) is 5.11. The number of carbonyl (C=O) groups excluding carboxylic acids is 1. The zero-order valence-electron chi connectivity index (χ0n) is 8.77. The van der Waals surface area contributed by atoms with E-state index in [1.807, 2.05) is 0 Å². The maximum absolute atomic E-state index is 13.3. The third-order valence-corrected chi connectivity index (χ3v) is 1.71. The Balaban J connectivity index is 3.01. The molecule has 92 valence electrons. The van der Waals surface area contributed by atoms with Gasteiger partial charge in [-0.15, -0.1) is 0 Å². The van der Waals surface area contributed by atoms with Gasteiger partial charge in [0.25, 0.3) is 5.88 Å². The number of rotatable bonds is 4. The van der Waals surface area contributed by atoms with Crippen molar-refractivity contribution in [1.82, 2.24) is 4.98 Å². The summed E-state index contributed by atoms with van der Waals surface area (Å²) >= 11 is 0. The minimum Gasteiger partial charge on any atom is -0.479 e. The lowest BCUT2D eigenvalue weighted by atomic mass is 10.2. The second-order valence-electron chi connectivity index (χ2n) is 2.88. The number of methoxy groups -OCH3 is 1. The molecule has 3 N–H and O–H groups in total. The third kappa shape index (κ3) is 3.03. The number of anilines is 1. The number of halogens is 1. The van der Waals surface area contributed by atoms with E-state index < -0.39 is 30.2 Å². The molecule has 0 amide bonds. The maximum atomic E-state index is 13.3. The van der Waals surface area contributed by atoms with Crippen LogP contribution < -0.4 is 10.5 Å². The lowest BCUT2D eigenvalue weighted by Gasteiger charge is -2.07. The molecule has 17 heavy (non-hydrogen) atoms. The van der Waals surface area contributed by atoms with Crippen LogP contribution in [0.25, 0.3) is 0 Å². The van der Waals surface area contributed by atoms with Crippen molar-refractivity contribution in [1.29, 1.82) is 0 Å². The average molecular weight is 244 g/mol. The van der Waals surface area contributed by atoms with Crippen molar-refractivity contribution in [2.75, 3.05) is 19.5 Å². The molecule has 1 rings (SSSR count). The summed E-state index contributed by atoms with van der Waals surface area (Å²) < 4.78 is 22.2. The molecule has 7 nitrogen and oxygen atoms in total. The first-order valence-electron chi connectivity index (χ1n) is 4.34. The SMILES string of the molecule is COC(=O)c1cc(F)c(OCC(=O)O)nc1N. The first kappa shape index (κ1) is 12.7. The Morgan fingerprint density at radius 2 is 2.24 bits per heavy atom. The van der Waals surface area contributed by atoms with Crippen molar-refractivity contribution in [2.24, 2.45) is 0 Å². The van der Waals surface area contributed by atoms with E-state index in [2.05, 4.69) is 14.5 Å². The van der Waals surface area contributed by atoms with Crippen LogP contribution in [0.4, 0.5) is 10.2 Å². The Bertz CT molecular complexity index is 463. The number of carboxylic acids is 1. The largest absolute Gasteiger partial charge is 0.479 e. The van der Waals surface area contributed by atoms with E-state index in [1.54, 1.807) is 0 Å². The number of nitrogen functional groups attached to an aromatic ring is 1. The number of pyridine rings is 1. The highest BCUT2D eigenvalue weighted by Gasteiger charge is 2.17. The van der Waals surface area contributed by atoms with Gasteiger partial charge in [-0.3, -0.25) is 0 Å². The number of nitrogens with zero attached hydrogens (tertiary/aromatic N) is 1. The molecule has 8 heteroatoms. The number of ether oxygens (including phenoxy) is 2. The van der Waals surface area contributed by atoms with Gasteiger partial charge < -0.3 is 20.3 Å². The maximum Gasteiger partial charge on any atom is 0.341 e. The molecule has 0 unspecified atom stereocenters. The van der Waals surface area contributed by atoms with Gasteiger partial charge in [-0.25, -0.2) is 14.0 Å². The van der Waals surface area contributed by atoms with E-state index in [4.69, 9.17) is 10.8 Å². The molecular weight excluding hydrogens is 235 g/mol. The first-order chi connectivity index (χ1) is 7.95. The zero-order chi connectivity index (χ0) is 13.0. The number of aromatic nitrogens is 1. The Morgan fingerprint density at radius 3 is 2.76 bits per heavy atom. The first-order valence-corrected chi connectivity index (χ1v) is 4.34. The topological polar surface area (TPSA) is 112 Å².